The molecule has 2 nitrogen and oxygen atoms in total. The van der Waals surface area contributed by atoms with Crippen LogP contribution >= 0.6 is 11.6 Å². The Kier molecular flexibility index (Phi) is 4.45. The van der Waals surface area contributed by atoms with Crippen molar-refractivity contribution in [2.75, 3.05) is 0 Å². The Morgan fingerprint density at radius 3 is 2.56 bits per heavy atom. The highest BCUT2D eigenvalue weighted by molar-refractivity contribution is 6.30. The zero-order valence-corrected chi connectivity index (χ0v) is 11.5. The van der Waals surface area contributed by atoms with Crippen molar-refractivity contribution in [3.8, 4) is 11.3 Å². The van der Waals surface area contributed by atoms with E-state index in [4.69, 9.17) is 16.0 Å². The van der Waals surface area contributed by atoms with Gasteiger partial charge in [-0.15, -0.1) is 0 Å². The molecule has 18 heavy (non-hydrogen) atoms. The molecule has 0 aliphatic carbocycles. The molecule has 0 radical (unpaired) electrons. The van der Waals surface area contributed by atoms with Crippen LogP contribution in [0, 0.1) is 0 Å². The van der Waals surface area contributed by atoms with E-state index in [0.717, 1.165) is 35.1 Å². The largest absolute Gasteiger partial charge is 0.460 e. The zero-order chi connectivity index (χ0) is 13.0. The predicted molar refractivity (Wildman–Crippen MR) is 75.7 cm³/mol. The van der Waals surface area contributed by atoms with Gasteiger partial charge in [0.2, 0.25) is 0 Å². The van der Waals surface area contributed by atoms with Gasteiger partial charge in [-0.2, -0.15) is 0 Å². The first kappa shape index (κ1) is 13.2. The lowest BCUT2D eigenvalue weighted by atomic mass is 10.2. The van der Waals surface area contributed by atoms with Gasteiger partial charge >= 0.3 is 0 Å². The van der Waals surface area contributed by atoms with E-state index in [0.29, 0.717) is 6.04 Å². The molecule has 1 N–H and O–H groups in total. The highest BCUT2D eigenvalue weighted by Gasteiger charge is 2.05. The van der Waals surface area contributed by atoms with Gasteiger partial charge in [-0.25, -0.2) is 0 Å². The molecular weight excluding hydrogens is 246 g/mol. The first-order chi connectivity index (χ1) is 8.69. The van der Waals surface area contributed by atoms with Crippen molar-refractivity contribution in [3.05, 3.63) is 47.2 Å². The average molecular weight is 264 g/mol. The second-order valence-electron chi connectivity index (χ2n) is 4.46. The van der Waals surface area contributed by atoms with Crippen LogP contribution < -0.4 is 5.32 Å². The maximum Gasteiger partial charge on any atom is 0.134 e. The number of rotatable bonds is 5. The molecule has 2 rings (SSSR count). The molecule has 1 aromatic carbocycles. The molecule has 3 heteroatoms. The van der Waals surface area contributed by atoms with Gasteiger partial charge in [0.05, 0.1) is 6.54 Å². The van der Waals surface area contributed by atoms with Gasteiger partial charge in [0, 0.05) is 16.6 Å². The maximum absolute atomic E-state index is 5.86. The molecule has 0 aliphatic rings. The van der Waals surface area contributed by atoms with Crippen LogP contribution in [0.25, 0.3) is 11.3 Å². The number of hydrogen-bond acceptors (Lipinski definition) is 2. The molecule has 0 spiro atoms. The molecule has 1 heterocycles. The summed E-state index contributed by atoms with van der Waals surface area (Å²) in [4.78, 5) is 0. The minimum atomic E-state index is 0.508. The molecule has 0 amide bonds. The summed E-state index contributed by atoms with van der Waals surface area (Å²) >= 11 is 5.86. The van der Waals surface area contributed by atoms with Gasteiger partial charge in [-0.3, -0.25) is 0 Å². The van der Waals surface area contributed by atoms with E-state index in [9.17, 15) is 0 Å². The summed E-state index contributed by atoms with van der Waals surface area (Å²) in [6.07, 6.45) is 1.12. The van der Waals surface area contributed by atoms with Crippen LogP contribution in [0.4, 0.5) is 0 Å². The van der Waals surface area contributed by atoms with Crippen molar-refractivity contribution in [2.24, 2.45) is 0 Å². The second-order valence-corrected chi connectivity index (χ2v) is 4.90. The lowest BCUT2D eigenvalue weighted by Gasteiger charge is -2.08. The van der Waals surface area contributed by atoms with E-state index in [1.165, 1.54) is 0 Å². The highest BCUT2D eigenvalue weighted by atomic mass is 35.5. The summed E-state index contributed by atoms with van der Waals surface area (Å²) in [6, 6.07) is 12.2. The Balaban J connectivity index is 2.03. The Bertz CT molecular complexity index is 489. The number of nitrogens with one attached hydrogen (secondary N) is 1. The minimum absolute atomic E-state index is 0.508. The van der Waals surface area contributed by atoms with E-state index in [2.05, 4.69) is 19.2 Å². The highest BCUT2D eigenvalue weighted by Crippen LogP contribution is 2.23. The number of halogens is 1. The third-order valence-electron chi connectivity index (χ3n) is 3.03. The second kappa shape index (κ2) is 6.07. The number of hydrogen-bond donors (Lipinski definition) is 1. The summed E-state index contributed by atoms with van der Waals surface area (Å²) in [5.41, 5.74) is 1.05. The van der Waals surface area contributed by atoms with Gasteiger partial charge in [0.25, 0.3) is 0 Å². The smallest absolute Gasteiger partial charge is 0.134 e. The molecule has 0 fully saturated rings. The summed E-state index contributed by atoms with van der Waals surface area (Å²) in [5.74, 6) is 1.84. The van der Waals surface area contributed by atoms with Crippen LogP contribution in [0.5, 0.6) is 0 Å². The normalized spacial score (nSPS) is 12.6. The van der Waals surface area contributed by atoms with E-state index in [-0.39, 0.29) is 0 Å². The van der Waals surface area contributed by atoms with Gasteiger partial charge in [0.1, 0.15) is 11.5 Å². The molecule has 1 atom stereocenters. The van der Waals surface area contributed by atoms with E-state index < -0.39 is 0 Å². The van der Waals surface area contributed by atoms with Crippen LogP contribution in [0.3, 0.4) is 0 Å². The number of benzene rings is 1. The fourth-order valence-corrected chi connectivity index (χ4v) is 1.79. The lowest BCUT2D eigenvalue weighted by molar-refractivity contribution is 0.457. The minimum Gasteiger partial charge on any atom is -0.460 e. The molecule has 0 saturated heterocycles. The van der Waals surface area contributed by atoms with Crippen LogP contribution in [-0.4, -0.2) is 6.04 Å². The van der Waals surface area contributed by atoms with Crippen molar-refractivity contribution >= 4 is 11.6 Å². The van der Waals surface area contributed by atoms with Crippen molar-refractivity contribution in [2.45, 2.75) is 32.9 Å². The van der Waals surface area contributed by atoms with Gasteiger partial charge in [-0.05, 0) is 49.7 Å². The number of furan rings is 1. The zero-order valence-electron chi connectivity index (χ0n) is 10.7. The van der Waals surface area contributed by atoms with Crippen LogP contribution in [0.15, 0.2) is 40.8 Å². The Labute approximate surface area is 113 Å². The maximum atomic E-state index is 5.86. The van der Waals surface area contributed by atoms with Crippen LogP contribution in [-0.2, 0) is 6.54 Å². The molecule has 0 aliphatic heterocycles. The molecule has 2 aromatic rings. The van der Waals surface area contributed by atoms with Crippen molar-refractivity contribution in [3.63, 3.8) is 0 Å². The fourth-order valence-electron chi connectivity index (χ4n) is 1.66. The van der Waals surface area contributed by atoms with Gasteiger partial charge in [-0.1, -0.05) is 18.5 Å². The molecule has 0 bridgehead atoms. The standard InChI is InChI=1S/C15H18ClNO/c1-3-11(2)17-10-14-8-9-15(18-14)12-4-6-13(16)7-5-12/h4-9,11,17H,3,10H2,1-2H3/t11-/m0/s1. The fraction of sp³-hybridized carbons (Fsp3) is 0.333. The van der Waals surface area contributed by atoms with Crippen LogP contribution in [0.1, 0.15) is 26.0 Å². The topological polar surface area (TPSA) is 25.2 Å². The van der Waals surface area contributed by atoms with E-state index in [1.54, 1.807) is 0 Å². The Hall–Kier alpha value is -1.25. The summed E-state index contributed by atoms with van der Waals surface area (Å²) in [6.45, 7) is 5.10. The first-order valence-electron chi connectivity index (χ1n) is 6.27. The van der Waals surface area contributed by atoms with Crippen molar-refractivity contribution in [1.29, 1.82) is 0 Å². The van der Waals surface area contributed by atoms with Gasteiger partial charge < -0.3 is 9.73 Å². The van der Waals surface area contributed by atoms with E-state index in [1.807, 2.05) is 36.4 Å². The predicted octanol–water partition coefficient (Wildman–Crippen LogP) is 4.49. The lowest BCUT2D eigenvalue weighted by Crippen LogP contribution is -2.24. The molecule has 96 valence electrons. The van der Waals surface area contributed by atoms with E-state index >= 15 is 0 Å². The first-order valence-corrected chi connectivity index (χ1v) is 6.65. The molecule has 1 aromatic heterocycles. The Morgan fingerprint density at radius 2 is 1.89 bits per heavy atom. The molecular formula is C15H18ClNO. The summed E-state index contributed by atoms with van der Waals surface area (Å²) in [7, 11) is 0. The summed E-state index contributed by atoms with van der Waals surface area (Å²) < 4.78 is 5.80. The molecule has 0 unspecified atom stereocenters. The third kappa shape index (κ3) is 3.37. The monoisotopic (exact) mass is 263 g/mol. The van der Waals surface area contributed by atoms with Gasteiger partial charge in [0.15, 0.2) is 0 Å². The summed E-state index contributed by atoms with van der Waals surface area (Å²) in [5, 5.41) is 4.15. The van der Waals surface area contributed by atoms with Crippen molar-refractivity contribution < 1.29 is 4.42 Å². The average Bonchev–Trinajstić information content (AvgIpc) is 2.85. The SMILES string of the molecule is CC[C@H](C)NCc1ccc(-c2ccc(Cl)cc2)o1. The van der Waals surface area contributed by atoms with Crippen LogP contribution in [0.2, 0.25) is 5.02 Å². The van der Waals surface area contributed by atoms with Crippen molar-refractivity contribution in [1.82, 2.24) is 5.32 Å². The Morgan fingerprint density at radius 1 is 1.17 bits per heavy atom. The third-order valence-corrected chi connectivity index (χ3v) is 3.28. The molecule has 0 saturated carbocycles. The quantitative estimate of drug-likeness (QED) is 0.860.